The fourth-order valence-corrected chi connectivity index (χ4v) is 3.24. The Hall–Kier alpha value is -0.820. The van der Waals surface area contributed by atoms with E-state index in [-0.39, 0.29) is 12.0 Å². The number of nitrogens with one attached hydrogen (secondary N) is 2. The molecule has 0 aromatic carbocycles. The molecule has 4 N–H and O–H groups in total. The average molecular weight is 274 g/mol. The van der Waals surface area contributed by atoms with E-state index in [9.17, 15) is 8.42 Å². The second-order valence-corrected chi connectivity index (χ2v) is 7.11. The summed E-state index contributed by atoms with van der Waals surface area (Å²) in [7, 11) is -3.13. The summed E-state index contributed by atoms with van der Waals surface area (Å²) in [5.74, 6) is 0.752. The highest BCUT2D eigenvalue weighted by atomic mass is 32.2. The van der Waals surface area contributed by atoms with Gasteiger partial charge >= 0.3 is 0 Å². The number of sulfonamides is 1. The number of nitrogens with two attached hydrogens (primary N) is 1. The molecule has 104 valence electrons. The third-order valence-corrected chi connectivity index (χ3v) is 4.18. The first-order valence-corrected chi connectivity index (χ1v) is 8.37. The molecule has 0 bridgehead atoms. The van der Waals surface area contributed by atoms with Crippen LogP contribution < -0.4 is 15.8 Å². The number of guanidine groups is 1. The van der Waals surface area contributed by atoms with Crippen molar-refractivity contribution in [3.05, 3.63) is 0 Å². The second kappa shape index (κ2) is 5.44. The van der Waals surface area contributed by atoms with E-state index in [0.29, 0.717) is 18.5 Å². The van der Waals surface area contributed by atoms with E-state index in [1.165, 1.54) is 6.26 Å². The Bertz CT molecular complexity index is 417. The predicted molar refractivity (Wildman–Crippen MR) is 71.8 cm³/mol. The number of aliphatic imine (C=N–C) groups is 1. The Morgan fingerprint density at radius 3 is 2.67 bits per heavy atom. The van der Waals surface area contributed by atoms with Gasteiger partial charge in [0.1, 0.15) is 0 Å². The lowest BCUT2D eigenvalue weighted by molar-refractivity contribution is 0.454. The minimum Gasteiger partial charge on any atom is -0.370 e. The van der Waals surface area contributed by atoms with Gasteiger partial charge in [-0.1, -0.05) is 6.42 Å². The van der Waals surface area contributed by atoms with Crippen LogP contribution in [0.4, 0.5) is 0 Å². The number of hydrogen-bond acceptors (Lipinski definition) is 3. The molecule has 0 radical (unpaired) electrons. The van der Waals surface area contributed by atoms with Crippen molar-refractivity contribution in [1.29, 1.82) is 0 Å². The van der Waals surface area contributed by atoms with Gasteiger partial charge in [0.25, 0.3) is 0 Å². The molecule has 2 aliphatic rings. The van der Waals surface area contributed by atoms with Crippen molar-refractivity contribution in [2.45, 2.75) is 44.2 Å². The molecule has 6 nitrogen and oxygen atoms in total. The van der Waals surface area contributed by atoms with Gasteiger partial charge in [0.2, 0.25) is 10.0 Å². The zero-order valence-electron chi connectivity index (χ0n) is 10.7. The van der Waals surface area contributed by atoms with Crippen molar-refractivity contribution in [2.24, 2.45) is 16.6 Å². The van der Waals surface area contributed by atoms with Gasteiger partial charge in [-0.2, -0.15) is 0 Å². The van der Waals surface area contributed by atoms with Crippen LogP contribution >= 0.6 is 0 Å². The summed E-state index contributed by atoms with van der Waals surface area (Å²) in [4.78, 5) is 4.32. The van der Waals surface area contributed by atoms with Crippen LogP contribution in [0.15, 0.2) is 4.99 Å². The van der Waals surface area contributed by atoms with Gasteiger partial charge in [0, 0.05) is 18.6 Å². The molecule has 0 saturated heterocycles. The molecule has 2 saturated carbocycles. The number of nitrogens with zero attached hydrogens (tertiary/aromatic N) is 1. The van der Waals surface area contributed by atoms with E-state index in [4.69, 9.17) is 5.73 Å². The first-order chi connectivity index (χ1) is 8.44. The molecule has 0 aliphatic heterocycles. The second-order valence-electron chi connectivity index (χ2n) is 5.33. The Kier molecular flexibility index (Phi) is 4.11. The highest BCUT2D eigenvalue weighted by molar-refractivity contribution is 7.88. The van der Waals surface area contributed by atoms with Crippen LogP contribution in [0, 0.1) is 5.92 Å². The zero-order valence-corrected chi connectivity index (χ0v) is 11.5. The normalized spacial score (nSPS) is 29.5. The van der Waals surface area contributed by atoms with Gasteiger partial charge in [-0.3, -0.25) is 4.99 Å². The molecule has 7 heteroatoms. The molecular weight excluding hydrogens is 252 g/mol. The van der Waals surface area contributed by atoms with Crippen molar-refractivity contribution in [1.82, 2.24) is 10.0 Å². The lowest BCUT2D eigenvalue weighted by Gasteiger charge is -2.18. The largest absolute Gasteiger partial charge is 0.370 e. The van der Waals surface area contributed by atoms with Crippen molar-refractivity contribution in [3.63, 3.8) is 0 Å². The molecule has 0 amide bonds. The molecule has 0 spiro atoms. The summed E-state index contributed by atoms with van der Waals surface area (Å²) in [5, 5.41) is 3.13. The molecule has 2 aliphatic carbocycles. The SMILES string of the molecule is CS(=O)(=O)NC1CCCC1CN=C(N)NC1CC1. The average Bonchev–Trinajstić information content (AvgIpc) is 2.94. The van der Waals surface area contributed by atoms with Gasteiger partial charge < -0.3 is 11.1 Å². The maximum absolute atomic E-state index is 11.2. The van der Waals surface area contributed by atoms with Gasteiger partial charge in [0.05, 0.1) is 6.26 Å². The maximum Gasteiger partial charge on any atom is 0.208 e. The molecule has 2 atom stereocenters. The third-order valence-electron chi connectivity index (χ3n) is 3.45. The third kappa shape index (κ3) is 4.45. The Labute approximate surface area is 108 Å². The summed E-state index contributed by atoms with van der Waals surface area (Å²) in [6.07, 6.45) is 6.48. The van der Waals surface area contributed by atoms with Crippen LogP contribution in [-0.2, 0) is 10.0 Å². The monoisotopic (exact) mass is 274 g/mol. The minimum absolute atomic E-state index is 0.0116. The van der Waals surface area contributed by atoms with E-state index in [0.717, 1.165) is 32.1 Å². The van der Waals surface area contributed by atoms with Crippen LogP contribution in [0.2, 0.25) is 0 Å². The fourth-order valence-electron chi connectivity index (χ4n) is 2.38. The number of rotatable bonds is 5. The van der Waals surface area contributed by atoms with E-state index >= 15 is 0 Å². The lowest BCUT2D eigenvalue weighted by atomic mass is 10.1. The van der Waals surface area contributed by atoms with Crippen LogP contribution in [-0.4, -0.2) is 39.3 Å². The van der Waals surface area contributed by atoms with Crippen molar-refractivity contribution in [3.8, 4) is 0 Å². The molecular formula is C11H22N4O2S. The van der Waals surface area contributed by atoms with Crippen molar-refractivity contribution < 1.29 is 8.42 Å². The highest BCUT2D eigenvalue weighted by Crippen LogP contribution is 2.26. The van der Waals surface area contributed by atoms with Crippen molar-refractivity contribution >= 4 is 16.0 Å². The van der Waals surface area contributed by atoms with E-state index in [2.05, 4.69) is 15.0 Å². The fraction of sp³-hybridized carbons (Fsp3) is 0.909. The smallest absolute Gasteiger partial charge is 0.208 e. The van der Waals surface area contributed by atoms with E-state index < -0.39 is 10.0 Å². The number of hydrogen-bond donors (Lipinski definition) is 3. The minimum atomic E-state index is -3.13. The maximum atomic E-state index is 11.2. The summed E-state index contributed by atoms with van der Waals surface area (Å²) in [5.41, 5.74) is 5.77. The van der Waals surface area contributed by atoms with Crippen LogP contribution in [0.5, 0.6) is 0 Å². The van der Waals surface area contributed by atoms with Crippen molar-refractivity contribution in [2.75, 3.05) is 12.8 Å². The quantitative estimate of drug-likeness (QED) is 0.476. The van der Waals surface area contributed by atoms with Crippen LogP contribution in [0.3, 0.4) is 0 Å². The molecule has 0 aromatic rings. The molecule has 0 heterocycles. The molecule has 2 fully saturated rings. The van der Waals surface area contributed by atoms with E-state index in [1.807, 2.05) is 0 Å². The zero-order chi connectivity index (χ0) is 13.2. The highest BCUT2D eigenvalue weighted by Gasteiger charge is 2.29. The summed E-state index contributed by atoms with van der Waals surface area (Å²) in [6.45, 7) is 0.596. The molecule has 18 heavy (non-hydrogen) atoms. The Morgan fingerprint density at radius 1 is 1.33 bits per heavy atom. The van der Waals surface area contributed by atoms with E-state index in [1.54, 1.807) is 0 Å². The first kappa shape index (κ1) is 13.6. The van der Waals surface area contributed by atoms with Gasteiger partial charge in [-0.15, -0.1) is 0 Å². The standard InChI is InChI=1S/C11H22N4O2S/c1-18(16,17)15-10-4-2-3-8(10)7-13-11(12)14-9-5-6-9/h8-10,15H,2-7H2,1H3,(H3,12,13,14). The Morgan fingerprint density at radius 2 is 2.06 bits per heavy atom. The summed E-state index contributed by atoms with van der Waals surface area (Å²) < 4.78 is 25.2. The Balaban J connectivity index is 1.83. The molecule has 2 rings (SSSR count). The van der Waals surface area contributed by atoms with Crippen LogP contribution in [0.1, 0.15) is 32.1 Å². The molecule has 0 aromatic heterocycles. The summed E-state index contributed by atoms with van der Waals surface area (Å²) in [6, 6.07) is 0.514. The first-order valence-electron chi connectivity index (χ1n) is 6.48. The molecule has 2 unspecified atom stereocenters. The predicted octanol–water partition coefficient (Wildman–Crippen LogP) is -0.229. The lowest BCUT2D eigenvalue weighted by Crippen LogP contribution is -2.38. The summed E-state index contributed by atoms with van der Waals surface area (Å²) >= 11 is 0. The van der Waals surface area contributed by atoms with Crippen LogP contribution in [0.25, 0.3) is 0 Å². The van der Waals surface area contributed by atoms with Gasteiger partial charge in [-0.25, -0.2) is 13.1 Å². The van der Waals surface area contributed by atoms with Gasteiger partial charge in [0.15, 0.2) is 5.96 Å². The van der Waals surface area contributed by atoms with Gasteiger partial charge in [-0.05, 0) is 31.6 Å². The topological polar surface area (TPSA) is 96.6 Å².